The van der Waals surface area contributed by atoms with Gasteiger partial charge in [0.2, 0.25) is 5.91 Å². The third-order valence-electron chi connectivity index (χ3n) is 5.76. The van der Waals surface area contributed by atoms with Gasteiger partial charge in [-0.1, -0.05) is 27.7 Å². The Balaban J connectivity index is 1.95. The first-order valence-corrected chi connectivity index (χ1v) is 10.6. The van der Waals surface area contributed by atoms with Crippen LogP contribution >= 0.6 is 0 Å². The highest BCUT2D eigenvalue weighted by molar-refractivity contribution is 5.97. The molecular weight excluding hydrogens is 418 g/mol. The largest absolute Gasteiger partial charge is 0.456 e. The molecule has 11 heteroatoms. The van der Waals surface area contributed by atoms with Gasteiger partial charge in [-0.05, 0) is 25.0 Å². The SMILES string of the molecule is CC(C)C(=O)O[C@H]1[C@@H](O)[C@](C)(c2ccc3c(NC(=O)[C@@H](N)C(C)C)ncnn23)O[C@@H]1CO. The number of hydrogen-bond acceptors (Lipinski definition) is 9. The first kappa shape index (κ1) is 24.1. The number of aliphatic hydroxyl groups excluding tert-OH is 2. The molecule has 5 atom stereocenters. The number of amides is 1. The Morgan fingerprint density at radius 1 is 1.34 bits per heavy atom. The van der Waals surface area contributed by atoms with E-state index < -0.39 is 48.4 Å². The monoisotopic (exact) mass is 449 g/mol. The molecule has 1 amide bonds. The number of aromatic nitrogens is 3. The number of carbonyl (C=O) groups excluding carboxylic acids is 2. The van der Waals surface area contributed by atoms with Crippen molar-refractivity contribution in [3.8, 4) is 0 Å². The lowest BCUT2D eigenvalue weighted by Crippen LogP contribution is -2.42. The molecule has 5 N–H and O–H groups in total. The van der Waals surface area contributed by atoms with E-state index in [0.717, 1.165) is 0 Å². The molecule has 2 aromatic rings. The number of fused-ring (bicyclic) bond motifs is 1. The molecule has 3 rings (SSSR count). The van der Waals surface area contributed by atoms with Gasteiger partial charge in [0.05, 0.1) is 24.3 Å². The fraction of sp³-hybridized carbons (Fsp3) is 0.619. The number of ether oxygens (including phenoxy) is 2. The quantitative estimate of drug-likeness (QED) is 0.432. The summed E-state index contributed by atoms with van der Waals surface area (Å²) in [6.07, 6.45) is -2.00. The molecule has 1 saturated heterocycles. The normalized spacial score (nSPS) is 26.6. The lowest BCUT2D eigenvalue weighted by atomic mass is 9.93. The summed E-state index contributed by atoms with van der Waals surface area (Å²) in [5, 5.41) is 27.8. The highest BCUT2D eigenvalue weighted by Crippen LogP contribution is 2.41. The van der Waals surface area contributed by atoms with Crippen molar-refractivity contribution in [1.82, 2.24) is 14.6 Å². The van der Waals surface area contributed by atoms with Crippen LogP contribution in [0, 0.1) is 11.8 Å². The van der Waals surface area contributed by atoms with E-state index in [1.807, 2.05) is 13.8 Å². The van der Waals surface area contributed by atoms with E-state index in [9.17, 15) is 19.8 Å². The fourth-order valence-electron chi connectivity index (χ4n) is 3.64. The van der Waals surface area contributed by atoms with E-state index in [1.54, 1.807) is 32.9 Å². The van der Waals surface area contributed by atoms with Crippen LogP contribution in [0.2, 0.25) is 0 Å². The fourth-order valence-corrected chi connectivity index (χ4v) is 3.64. The van der Waals surface area contributed by atoms with Gasteiger partial charge in [0.15, 0.2) is 11.9 Å². The molecule has 0 radical (unpaired) electrons. The molecule has 0 aliphatic carbocycles. The Hall–Kier alpha value is -2.60. The van der Waals surface area contributed by atoms with Gasteiger partial charge in [0.1, 0.15) is 29.7 Å². The highest BCUT2D eigenvalue weighted by Gasteiger charge is 2.55. The predicted molar refractivity (Wildman–Crippen MR) is 114 cm³/mol. The first-order valence-electron chi connectivity index (χ1n) is 10.6. The second kappa shape index (κ2) is 9.10. The number of anilines is 1. The van der Waals surface area contributed by atoms with Crippen LogP contribution in [0.1, 0.15) is 40.3 Å². The minimum Gasteiger partial charge on any atom is -0.456 e. The van der Waals surface area contributed by atoms with Gasteiger partial charge < -0.3 is 30.7 Å². The average molecular weight is 450 g/mol. The van der Waals surface area contributed by atoms with E-state index in [1.165, 1.54) is 10.8 Å². The van der Waals surface area contributed by atoms with Gasteiger partial charge in [-0.3, -0.25) is 9.59 Å². The average Bonchev–Trinajstić information content (AvgIpc) is 3.29. The minimum atomic E-state index is -1.36. The number of hydrogen-bond donors (Lipinski definition) is 4. The first-order chi connectivity index (χ1) is 15.0. The summed E-state index contributed by atoms with van der Waals surface area (Å²) in [7, 11) is 0. The smallest absolute Gasteiger partial charge is 0.308 e. The molecule has 1 aliphatic rings. The summed E-state index contributed by atoms with van der Waals surface area (Å²) >= 11 is 0. The molecule has 0 bridgehead atoms. The molecule has 11 nitrogen and oxygen atoms in total. The van der Waals surface area contributed by atoms with Crippen molar-refractivity contribution in [2.75, 3.05) is 11.9 Å². The van der Waals surface area contributed by atoms with E-state index in [0.29, 0.717) is 11.2 Å². The number of carbonyl (C=O) groups is 2. The zero-order valence-electron chi connectivity index (χ0n) is 18.8. The lowest BCUT2D eigenvalue weighted by Gasteiger charge is -2.28. The van der Waals surface area contributed by atoms with Gasteiger partial charge in [0.25, 0.3) is 0 Å². The maximum absolute atomic E-state index is 12.4. The Morgan fingerprint density at radius 3 is 2.62 bits per heavy atom. The van der Waals surface area contributed by atoms with Gasteiger partial charge in [-0.15, -0.1) is 0 Å². The third kappa shape index (κ3) is 4.20. The summed E-state index contributed by atoms with van der Waals surface area (Å²) in [5.74, 6) is -1.09. The predicted octanol–water partition coefficient (Wildman–Crippen LogP) is 0.186. The van der Waals surface area contributed by atoms with Crippen LogP contribution in [0.4, 0.5) is 5.82 Å². The maximum atomic E-state index is 12.4. The van der Waals surface area contributed by atoms with Crippen molar-refractivity contribution in [3.05, 3.63) is 24.2 Å². The van der Waals surface area contributed by atoms with Crippen molar-refractivity contribution in [2.24, 2.45) is 17.6 Å². The summed E-state index contributed by atoms with van der Waals surface area (Å²) in [4.78, 5) is 28.7. The molecule has 2 aromatic heterocycles. The van der Waals surface area contributed by atoms with E-state index >= 15 is 0 Å². The molecule has 0 spiro atoms. The standard InChI is InChI=1S/C21H31N5O6/c1-10(2)15(22)19(29)25-18-12-6-7-14(26(12)24-9-23-18)21(5)17(28)16(13(8-27)32-21)31-20(30)11(3)4/h6-7,9-11,13,15-17,27-28H,8,22H2,1-5H3,(H,23,24,25,29)/t13-,15+,16-,17-,21+/m1/s1. The van der Waals surface area contributed by atoms with Crippen LogP contribution in [-0.4, -0.2) is 67.6 Å². The summed E-state index contributed by atoms with van der Waals surface area (Å²) < 4.78 is 12.9. The molecule has 176 valence electrons. The Kier molecular flexibility index (Phi) is 6.84. The van der Waals surface area contributed by atoms with Crippen molar-refractivity contribution < 1.29 is 29.3 Å². The lowest BCUT2D eigenvalue weighted by molar-refractivity contribution is -0.160. The second-order valence-electron chi connectivity index (χ2n) is 8.83. The van der Waals surface area contributed by atoms with Crippen LogP contribution < -0.4 is 11.1 Å². The summed E-state index contributed by atoms with van der Waals surface area (Å²) in [5.41, 5.74) is 5.47. The van der Waals surface area contributed by atoms with Crippen LogP contribution in [0.3, 0.4) is 0 Å². The van der Waals surface area contributed by atoms with Crippen LogP contribution in [-0.2, 0) is 24.7 Å². The van der Waals surface area contributed by atoms with Gasteiger partial charge in [-0.2, -0.15) is 5.10 Å². The molecule has 0 unspecified atom stereocenters. The van der Waals surface area contributed by atoms with Crippen LogP contribution in [0.15, 0.2) is 18.5 Å². The zero-order chi connectivity index (χ0) is 23.8. The maximum Gasteiger partial charge on any atom is 0.308 e. The molecular formula is C21H31N5O6. The summed E-state index contributed by atoms with van der Waals surface area (Å²) in [6.45, 7) is 8.21. The number of aliphatic hydroxyl groups is 2. The van der Waals surface area contributed by atoms with Crippen LogP contribution in [0.25, 0.3) is 5.52 Å². The Bertz CT molecular complexity index is 992. The number of esters is 1. The number of nitrogens with two attached hydrogens (primary N) is 1. The molecule has 0 aromatic carbocycles. The van der Waals surface area contributed by atoms with E-state index in [2.05, 4.69) is 15.4 Å². The van der Waals surface area contributed by atoms with Crippen LogP contribution in [0.5, 0.6) is 0 Å². The van der Waals surface area contributed by atoms with Gasteiger partial charge >= 0.3 is 5.97 Å². The van der Waals surface area contributed by atoms with Gasteiger partial charge in [-0.25, -0.2) is 9.50 Å². The molecule has 1 aliphatic heterocycles. The van der Waals surface area contributed by atoms with Crippen molar-refractivity contribution in [1.29, 1.82) is 0 Å². The molecule has 32 heavy (non-hydrogen) atoms. The Morgan fingerprint density at radius 2 is 2.03 bits per heavy atom. The molecule has 3 heterocycles. The Labute approximate surface area is 185 Å². The topological polar surface area (TPSA) is 161 Å². The van der Waals surface area contributed by atoms with Gasteiger partial charge in [0, 0.05) is 0 Å². The summed E-state index contributed by atoms with van der Waals surface area (Å²) in [6, 6.07) is 2.64. The van der Waals surface area contributed by atoms with E-state index in [-0.39, 0.29) is 17.6 Å². The number of rotatable bonds is 7. The van der Waals surface area contributed by atoms with Crippen molar-refractivity contribution in [2.45, 2.75) is 64.6 Å². The molecule has 1 fully saturated rings. The van der Waals surface area contributed by atoms with Crippen molar-refractivity contribution in [3.63, 3.8) is 0 Å². The molecule has 0 saturated carbocycles. The van der Waals surface area contributed by atoms with Crippen molar-refractivity contribution >= 4 is 23.2 Å². The highest BCUT2D eigenvalue weighted by atomic mass is 16.6. The van der Waals surface area contributed by atoms with E-state index in [4.69, 9.17) is 15.2 Å². The third-order valence-corrected chi connectivity index (χ3v) is 5.76. The number of nitrogens with one attached hydrogen (secondary N) is 1. The second-order valence-corrected chi connectivity index (χ2v) is 8.83. The zero-order valence-corrected chi connectivity index (χ0v) is 18.8. The minimum absolute atomic E-state index is 0.0583. The number of nitrogens with zero attached hydrogens (tertiary/aromatic N) is 3.